The molecule has 0 amide bonds. The summed E-state index contributed by atoms with van der Waals surface area (Å²) < 4.78 is 48.6. The van der Waals surface area contributed by atoms with Gasteiger partial charge in [-0.3, -0.25) is 0 Å². The molecule has 0 spiro atoms. The molecule has 33 heavy (non-hydrogen) atoms. The van der Waals surface area contributed by atoms with Gasteiger partial charge >= 0.3 is 0 Å². The molecular weight excluding hydrogens is 441 g/mol. The van der Waals surface area contributed by atoms with Crippen molar-refractivity contribution in [2.24, 2.45) is 11.3 Å². The van der Waals surface area contributed by atoms with Gasteiger partial charge in [0.1, 0.15) is 5.82 Å². The maximum Gasteiger partial charge on any atom is 0.213 e. The van der Waals surface area contributed by atoms with Crippen LogP contribution >= 0.6 is 0 Å². The molecule has 6 nitrogen and oxygen atoms in total. The summed E-state index contributed by atoms with van der Waals surface area (Å²) in [4.78, 5) is 0. The predicted octanol–water partition coefficient (Wildman–Crippen LogP) is 4.20. The molecule has 1 aromatic heterocycles. The number of hydrogen-bond donors (Lipinski definition) is 0. The van der Waals surface area contributed by atoms with Gasteiger partial charge in [0.2, 0.25) is 10.0 Å². The summed E-state index contributed by atoms with van der Waals surface area (Å²) in [7, 11) is -3.31. The fourth-order valence-electron chi connectivity index (χ4n) is 5.76. The number of fused-ring (bicyclic) bond motifs is 2. The van der Waals surface area contributed by atoms with E-state index in [2.05, 4.69) is 18.1 Å². The Hall–Kier alpha value is -2.03. The number of ether oxygens (including phenoxy) is 1. The Morgan fingerprint density at radius 1 is 1.24 bits per heavy atom. The molecule has 5 rings (SSSR count). The van der Waals surface area contributed by atoms with Gasteiger partial charge in [0.15, 0.2) is 0 Å². The molecule has 2 aromatic rings. The fraction of sp³-hybridized carbons (Fsp3) is 0.560. The number of nitrogens with zero attached hydrogens (tertiary/aromatic N) is 3. The van der Waals surface area contributed by atoms with Gasteiger partial charge in [-0.15, -0.1) is 0 Å². The molecule has 1 aromatic carbocycles. The van der Waals surface area contributed by atoms with E-state index in [1.807, 2.05) is 10.9 Å². The number of sulfonamides is 1. The Balaban J connectivity index is 1.40. The molecule has 1 aliphatic heterocycles. The molecule has 0 bridgehead atoms. The third-order valence-electron chi connectivity index (χ3n) is 7.84. The molecule has 2 aliphatic carbocycles. The number of allylic oxidation sites excluding steroid dienone is 1. The van der Waals surface area contributed by atoms with Crippen molar-refractivity contribution in [1.82, 2.24) is 14.1 Å². The van der Waals surface area contributed by atoms with Crippen LogP contribution in [0.2, 0.25) is 0 Å². The lowest BCUT2D eigenvalue weighted by molar-refractivity contribution is 0.0863. The Labute approximate surface area is 195 Å². The molecular formula is C25H32FN3O3S. The summed E-state index contributed by atoms with van der Waals surface area (Å²) in [5.74, 6) is 0.0909. The molecule has 1 unspecified atom stereocenters. The summed E-state index contributed by atoms with van der Waals surface area (Å²) in [6.07, 6.45) is 8.82. The van der Waals surface area contributed by atoms with Gasteiger partial charge in [-0.25, -0.2) is 17.5 Å². The lowest BCUT2D eigenvalue weighted by Gasteiger charge is -2.38. The van der Waals surface area contributed by atoms with E-state index in [0.717, 1.165) is 55.7 Å². The zero-order chi connectivity index (χ0) is 23.2. The van der Waals surface area contributed by atoms with E-state index in [4.69, 9.17) is 4.74 Å². The molecule has 2 heterocycles. The van der Waals surface area contributed by atoms with Gasteiger partial charge in [0.25, 0.3) is 0 Å². The third-order valence-corrected chi connectivity index (χ3v) is 9.65. The second kappa shape index (κ2) is 8.64. The van der Waals surface area contributed by atoms with Crippen molar-refractivity contribution in [3.05, 3.63) is 53.1 Å². The molecule has 3 aliphatic rings. The molecule has 1 saturated heterocycles. The summed E-state index contributed by atoms with van der Waals surface area (Å²) in [5.41, 5.74) is 4.30. The van der Waals surface area contributed by atoms with Crippen LogP contribution in [-0.4, -0.2) is 54.1 Å². The Morgan fingerprint density at radius 3 is 2.73 bits per heavy atom. The number of aromatic nitrogens is 2. The van der Waals surface area contributed by atoms with Crippen molar-refractivity contribution < 1.29 is 17.5 Å². The van der Waals surface area contributed by atoms with Crippen LogP contribution in [-0.2, 0) is 21.2 Å². The van der Waals surface area contributed by atoms with E-state index in [-0.39, 0.29) is 29.0 Å². The minimum absolute atomic E-state index is 0.00227. The molecule has 8 heteroatoms. The number of rotatable bonds is 7. The highest BCUT2D eigenvalue weighted by Crippen LogP contribution is 2.53. The number of hydrogen-bond acceptors (Lipinski definition) is 4. The second-order valence-electron chi connectivity index (χ2n) is 9.80. The molecule has 2 fully saturated rings. The lowest BCUT2D eigenvalue weighted by Crippen LogP contribution is -2.44. The average Bonchev–Trinajstić information content (AvgIpc) is 3.52. The highest BCUT2D eigenvalue weighted by atomic mass is 32.2. The highest BCUT2D eigenvalue weighted by Gasteiger charge is 2.47. The quantitative estimate of drug-likeness (QED) is 0.605. The van der Waals surface area contributed by atoms with Gasteiger partial charge < -0.3 is 4.74 Å². The van der Waals surface area contributed by atoms with Crippen LogP contribution < -0.4 is 0 Å². The summed E-state index contributed by atoms with van der Waals surface area (Å²) >= 11 is 0. The van der Waals surface area contributed by atoms with Gasteiger partial charge in [-0.2, -0.15) is 9.40 Å². The van der Waals surface area contributed by atoms with Crippen LogP contribution in [0.1, 0.15) is 50.8 Å². The van der Waals surface area contributed by atoms with Crippen molar-refractivity contribution in [2.75, 3.05) is 25.4 Å². The van der Waals surface area contributed by atoms with E-state index in [9.17, 15) is 12.8 Å². The summed E-state index contributed by atoms with van der Waals surface area (Å²) in [6.45, 7) is 5.70. The minimum atomic E-state index is -3.31. The first-order valence-electron chi connectivity index (χ1n) is 11.9. The molecule has 0 radical (unpaired) electrons. The van der Waals surface area contributed by atoms with Crippen LogP contribution in [0.25, 0.3) is 11.8 Å². The number of benzene rings is 1. The van der Waals surface area contributed by atoms with Crippen LogP contribution in [0, 0.1) is 17.2 Å². The van der Waals surface area contributed by atoms with Gasteiger partial charge in [0, 0.05) is 19.7 Å². The number of halogens is 1. The monoisotopic (exact) mass is 473 g/mol. The lowest BCUT2D eigenvalue weighted by atomic mass is 9.70. The van der Waals surface area contributed by atoms with Crippen molar-refractivity contribution in [3.63, 3.8) is 0 Å². The molecule has 0 N–H and O–H groups in total. The zero-order valence-electron chi connectivity index (χ0n) is 19.3. The van der Waals surface area contributed by atoms with E-state index in [1.54, 1.807) is 23.4 Å². The zero-order valence-corrected chi connectivity index (χ0v) is 20.2. The maximum absolute atomic E-state index is 13.4. The average molecular weight is 474 g/mol. The van der Waals surface area contributed by atoms with Gasteiger partial charge in [-0.05, 0) is 86.3 Å². The largest absolute Gasteiger partial charge is 0.377 e. The SMILES string of the molecule is CCS(=O)(=O)N(CC1CCCO1)C[C@H]1CCC2=Cc3c(cnn3-c3ccc(F)cc3)C[C@@]21C. The smallest absolute Gasteiger partial charge is 0.213 e. The Bertz CT molecular complexity index is 1150. The molecule has 178 valence electrons. The van der Waals surface area contributed by atoms with Crippen LogP contribution in [0.4, 0.5) is 4.39 Å². The second-order valence-corrected chi connectivity index (χ2v) is 12.1. The first kappa shape index (κ1) is 22.7. The van der Waals surface area contributed by atoms with E-state index >= 15 is 0 Å². The summed E-state index contributed by atoms with van der Waals surface area (Å²) in [6, 6.07) is 6.38. The highest BCUT2D eigenvalue weighted by molar-refractivity contribution is 7.89. The maximum atomic E-state index is 13.4. The van der Waals surface area contributed by atoms with Gasteiger partial charge in [0.05, 0.1) is 29.4 Å². The van der Waals surface area contributed by atoms with Crippen LogP contribution in [0.3, 0.4) is 0 Å². The van der Waals surface area contributed by atoms with Crippen molar-refractivity contribution >= 4 is 16.1 Å². The minimum Gasteiger partial charge on any atom is -0.377 e. The van der Waals surface area contributed by atoms with Crippen LogP contribution in [0.5, 0.6) is 0 Å². The summed E-state index contributed by atoms with van der Waals surface area (Å²) in [5, 5.41) is 4.59. The van der Waals surface area contributed by atoms with Crippen molar-refractivity contribution in [2.45, 2.75) is 52.1 Å². The van der Waals surface area contributed by atoms with E-state index in [1.165, 1.54) is 17.7 Å². The Morgan fingerprint density at radius 2 is 2.03 bits per heavy atom. The topological polar surface area (TPSA) is 64.4 Å². The predicted molar refractivity (Wildman–Crippen MR) is 126 cm³/mol. The fourth-order valence-corrected chi connectivity index (χ4v) is 6.93. The first-order chi connectivity index (χ1) is 15.8. The standard InChI is InChI=1S/C25H32FN3O3S/c1-3-33(30,31)28(17-23-5-4-12-32-23)16-20-7-6-19-13-24-18(14-25(19,20)2)15-27-29(24)22-10-8-21(26)9-11-22/h8-11,13,15,20,23H,3-7,12,14,16-17H2,1-2H3/t20-,23?,25+/m1/s1. The van der Waals surface area contributed by atoms with E-state index < -0.39 is 10.0 Å². The van der Waals surface area contributed by atoms with E-state index in [0.29, 0.717) is 13.1 Å². The van der Waals surface area contributed by atoms with Crippen LogP contribution in [0.15, 0.2) is 36.0 Å². The first-order valence-corrected chi connectivity index (χ1v) is 13.5. The van der Waals surface area contributed by atoms with Crippen molar-refractivity contribution in [3.8, 4) is 5.69 Å². The molecule has 1 saturated carbocycles. The van der Waals surface area contributed by atoms with Gasteiger partial charge in [-0.1, -0.05) is 12.5 Å². The van der Waals surface area contributed by atoms with Crippen molar-refractivity contribution in [1.29, 1.82) is 0 Å². The Kier molecular flexibility index (Phi) is 5.95. The normalized spacial score (nSPS) is 27.0. The molecule has 3 atom stereocenters. The third kappa shape index (κ3) is 4.17.